The van der Waals surface area contributed by atoms with Crippen molar-refractivity contribution in [2.75, 3.05) is 21.1 Å². The quantitative estimate of drug-likeness (QED) is 0.539. The second-order valence-corrected chi connectivity index (χ2v) is 2.82. The average Bonchev–Trinajstić information content (AvgIpc) is 2.08. The summed E-state index contributed by atoms with van der Waals surface area (Å²) in [4.78, 5) is 3.99. The number of hydrogen-bond donors (Lipinski definition) is 1. The SMILES string of the molecule is C[N+](C)(C)c1ncn[nH]1. The second-order valence-electron chi connectivity index (χ2n) is 2.82. The number of aromatic amines is 1. The van der Waals surface area contributed by atoms with E-state index in [1.807, 2.05) is 21.1 Å². The molecule has 0 aliphatic carbocycles. The van der Waals surface area contributed by atoms with E-state index >= 15 is 0 Å². The van der Waals surface area contributed by atoms with Crippen molar-refractivity contribution in [3.8, 4) is 0 Å². The van der Waals surface area contributed by atoms with Gasteiger partial charge < -0.3 is 0 Å². The van der Waals surface area contributed by atoms with Gasteiger partial charge in [-0.3, -0.25) is 4.48 Å². The number of quaternary nitrogens is 1. The molecule has 0 bridgehead atoms. The van der Waals surface area contributed by atoms with Crippen molar-refractivity contribution in [2.24, 2.45) is 0 Å². The molecule has 0 saturated carbocycles. The largest absolute Gasteiger partial charge is 0.323 e. The van der Waals surface area contributed by atoms with Crippen LogP contribution in [0.3, 0.4) is 0 Å². The molecule has 0 spiro atoms. The number of nitrogens with one attached hydrogen (secondary N) is 1. The summed E-state index contributed by atoms with van der Waals surface area (Å²) >= 11 is 0. The number of hydrogen-bond acceptors (Lipinski definition) is 2. The number of rotatable bonds is 1. The van der Waals surface area contributed by atoms with E-state index in [2.05, 4.69) is 15.2 Å². The lowest BCUT2D eigenvalue weighted by Gasteiger charge is -2.17. The highest BCUT2D eigenvalue weighted by atomic mass is 15.4. The molecule has 0 amide bonds. The molecule has 1 rings (SSSR count). The van der Waals surface area contributed by atoms with Crippen LogP contribution in [-0.2, 0) is 0 Å². The van der Waals surface area contributed by atoms with Crippen molar-refractivity contribution >= 4 is 5.95 Å². The van der Waals surface area contributed by atoms with E-state index in [0.29, 0.717) is 4.48 Å². The fraction of sp³-hybridized carbons (Fsp3) is 0.600. The van der Waals surface area contributed by atoms with Gasteiger partial charge in [0.2, 0.25) is 0 Å². The maximum atomic E-state index is 3.99. The van der Waals surface area contributed by atoms with Crippen molar-refractivity contribution in [3.05, 3.63) is 6.33 Å². The Balaban J connectivity index is 2.90. The van der Waals surface area contributed by atoms with E-state index in [1.54, 1.807) is 0 Å². The van der Waals surface area contributed by atoms with Crippen LogP contribution in [0.1, 0.15) is 0 Å². The van der Waals surface area contributed by atoms with E-state index in [0.717, 1.165) is 5.95 Å². The van der Waals surface area contributed by atoms with Gasteiger partial charge in [-0.15, -0.1) is 0 Å². The van der Waals surface area contributed by atoms with Gasteiger partial charge in [0, 0.05) is 0 Å². The number of aromatic nitrogens is 3. The molecule has 0 aromatic carbocycles. The van der Waals surface area contributed by atoms with Crippen molar-refractivity contribution in [2.45, 2.75) is 0 Å². The molecule has 1 aromatic heterocycles. The Kier molecular flexibility index (Phi) is 1.25. The lowest BCUT2D eigenvalue weighted by atomic mass is 10.7. The molecule has 0 aliphatic heterocycles. The zero-order chi connectivity index (χ0) is 6.91. The van der Waals surface area contributed by atoms with E-state index in [9.17, 15) is 0 Å². The van der Waals surface area contributed by atoms with E-state index in [1.165, 1.54) is 6.33 Å². The molecular formula is C5H11N4+. The summed E-state index contributed by atoms with van der Waals surface area (Å²) in [6, 6.07) is 0. The van der Waals surface area contributed by atoms with Crippen molar-refractivity contribution in [1.29, 1.82) is 0 Å². The Labute approximate surface area is 54.1 Å². The first kappa shape index (κ1) is 6.22. The summed E-state index contributed by atoms with van der Waals surface area (Å²) in [5.41, 5.74) is 0. The van der Waals surface area contributed by atoms with Gasteiger partial charge in [0.1, 0.15) is 6.33 Å². The first-order valence-corrected chi connectivity index (χ1v) is 2.78. The average molecular weight is 127 g/mol. The Hall–Kier alpha value is -0.900. The van der Waals surface area contributed by atoms with Crippen molar-refractivity contribution in [1.82, 2.24) is 19.7 Å². The van der Waals surface area contributed by atoms with Gasteiger partial charge in [-0.2, -0.15) is 10.1 Å². The van der Waals surface area contributed by atoms with Gasteiger partial charge >= 0.3 is 5.95 Å². The third kappa shape index (κ3) is 1.26. The van der Waals surface area contributed by atoms with Gasteiger partial charge in [-0.25, -0.2) is 5.10 Å². The lowest BCUT2D eigenvalue weighted by Crippen LogP contribution is -2.35. The predicted octanol–water partition coefficient (Wildman–Crippen LogP) is 0.00140. The highest BCUT2D eigenvalue weighted by Gasteiger charge is 2.13. The third-order valence-corrected chi connectivity index (χ3v) is 1.04. The smallest absolute Gasteiger partial charge is 0.265 e. The third-order valence-electron chi connectivity index (χ3n) is 1.04. The van der Waals surface area contributed by atoms with Crippen LogP contribution in [0.25, 0.3) is 0 Å². The monoisotopic (exact) mass is 127 g/mol. The molecule has 0 saturated heterocycles. The van der Waals surface area contributed by atoms with Crippen LogP contribution < -0.4 is 4.48 Å². The Morgan fingerprint density at radius 3 is 2.33 bits per heavy atom. The fourth-order valence-electron chi connectivity index (χ4n) is 0.522. The van der Waals surface area contributed by atoms with Gasteiger partial charge in [0.25, 0.3) is 0 Å². The normalized spacial score (nSPS) is 11.9. The van der Waals surface area contributed by atoms with Gasteiger partial charge in [-0.1, -0.05) is 0 Å². The number of H-pyrrole nitrogens is 1. The van der Waals surface area contributed by atoms with E-state index in [4.69, 9.17) is 0 Å². The van der Waals surface area contributed by atoms with Crippen LogP contribution in [0.15, 0.2) is 6.33 Å². The minimum Gasteiger partial charge on any atom is -0.265 e. The van der Waals surface area contributed by atoms with Crippen LogP contribution in [0, 0.1) is 0 Å². The predicted molar refractivity (Wildman–Crippen MR) is 35.9 cm³/mol. The van der Waals surface area contributed by atoms with Crippen LogP contribution in [0.4, 0.5) is 5.95 Å². The van der Waals surface area contributed by atoms with Crippen LogP contribution in [0.2, 0.25) is 0 Å². The first-order chi connectivity index (χ1) is 4.11. The second kappa shape index (κ2) is 1.80. The van der Waals surface area contributed by atoms with Crippen LogP contribution in [-0.4, -0.2) is 36.3 Å². The van der Waals surface area contributed by atoms with E-state index < -0.39 is 0 Å². The van der Waals surface area contributed by atoms with Gasteiger partial charge in [0.15, 0.2) is 0 Å². The van der Waals surface area contributed by atoms with Gasteiger partial charge in [0.05, 0.1) is 21.1 Å². The molecule has 1 heterocycles. The highest BCUT2D eigenvalue weighted by Crippen LogP contribution is 2.04. The fourth-order valence-corrected chi connectivity index (χ4v) is 0.522. The molecule has 1 aromatic rings. The highest BCUT2D eigenvalue weighted by molar-refractivity contribution is 5.16. The molecular weight excluding hydrogens is 116 g/mol. The van der Waals surface area contributed by atoms with Crippen LogP contribution >= 0.6 is 0 Å². The molecule has 0 fully saturated rings. The minimum atomic E-state index is 0.681. The molecule has 1 N–H and O–H groups in total. The number of nitrogens with zero attached hydrogens (tertiary/aromatic N) is 3. The molecule has 4 nitrogen and oxygen atoms in total. The molecule has 0 radical (unpaired) electrons. The van der Waals surface area contributed by atoms with E-state index in [-0.39, 0.29) is 0 Å². The standard InChI is InChI=1S/C5H11N4/c1-9(2,3)5-6-4-7-8-5/h4H,1-3H3,(H,6,7,8)/q+1. The van der Waals surface area contributed by atoms with Crippen molar-refractivity contribution < 1.29 is 0 Å². The Morgan fingerprint density at radius 1 is 1.44 bits per heavy atom. The lowest BCUT2D eigenvalue weighted by molar-refractivity contribution is 0.460. The first-order valence-electron chi connectivity index (χ1n) is 2.78. The van der Waals surface area contributed by atoms with Crippen LogP contribution in [0.5, 0.6) is 0 Å². The Bertz CT molecular complexity index is 171. The summed E-state index contributed by atoms with van der Waals surface area (Å²) < 4.78 is 0.681. The van der Waals surface area contributed by atoms with Gasteiger partial charge in [-0.05, 0) is 0 Å². The minimum absolute atomic E-state index is 0.681. The maximum Gasteiger partial charge on any atom is 0.323 e. The summed E-state index contributed by atoms with van der Waals surface area (Å²) in [5.74, 6) is 0.870. The zero-order valence-electron chi connectivity index (χ0n) is 5.92. The molecule has 0 unspecified atom stereocenters. The van der Waals surface area contributed by atoms with Crippen molar-refractivity contribution in [3.63, 3.8) is 0 Å². The molecule has 50 valence electrons. The summed E-state index contributed by atoms with van der Waals surface area (Å²) in [7, 11) is 6.08. The maximum absolute atomic E-state index is 3.99. The topological polar surface area (TPSA) is 41.6 Å². The summed E-state index contributed by atoms with van der Waals surface area (Å²) in [6.07, 6.45) is 1.51. The zero-order valence-corrected chi connectivity index (χ0v) is 5.92. The summed E-state index contributed by atoms with van der Waals surface area (Å²) in [5, 5.41) is 6.53. The molecule has 9 heavy (non-hydrogen) atoms. The summed E-state index contributed by atoms with van der Waals surface area (Å²) in [6.45, 7) is 0. The Morgan fingerprint density at radius 2 is 2.11 bits per heavy atom. The molecule has 0 aliphatic rings. The molecule has 0 atom stereocenters. The molecule has 4 heteroatoms.